The second-order valence-electron chi connectivity index (χ2n) is 9.32. The van der Waals surface area contributed by atoms with Crippen LogP contribution in [0.15, 0.2) is 52.9 Å². The Balaban J connectivity index is 0.000000333. The fraction of sp³-hybridized carbons (Fsp3) is 0.333. The summed E-state index contributed by atoms with van der Waals surface area (Å²) in [6, 6.07) is 10.5. The van der Waals surface area contributed by atoms with Gasteiger partial charge in [-0.1, -0.05) is 23.2 Å². The van der Waals surface area contributed by atoms with E-state index in [1.165, 1.54) is 44.4 Å². The first-order valence-corrected chi connectivity index (χ1v) is 14.4. The molecule has 0 saturated carbocycles. The van der Waals surface area contributed by atoms with Crippen LogP contribution in [-0.2, 0) is 29.0 Å². The van der Waals surface area contributed by atoms with Gasteiger partial charge < -0.3 is 15.0 Å². The number of ether oxygens (including phenoxy) is 1. The molecule has 3 aliphatic heterocycles. The van der Waals surface area contributed by atoms with E-state index in [0.29, 0.717) is 47.2 Å². The average molecular weight is 593 g/mol. The fourth-order valence-electron chi connectivity index (χ4n) is 4.94. The number of methoxy groups -OCH3 is 1. The van der Waals surface area contributed by atoms with E-state index in [4.69, 9.17) is 27.9 Å². The summed E-state index contributed by atoms with van der Waals surface area (Å²) in [7, 11) is -2.72. The number of rotatable bonds is 4. The second kappa shape index (κ2) is 11.1. The van der Waals surface area contributed by atoms with Gasteiger partial charge in [0.1, 0.15) is 11.5 Å². The first-order chi connectivity index (χ1) is 18.4. The summed E-state index contributed by atoms with van der Waals surface area (Å²) < 4.78 is 32.4. The summed E-state index contributed by atoms with van der Waals surface area (Å²) >= 11 is 11.9. The van der Waals surface area contributed by atoms with Crippen molar-refractivity contribution in [1.82, 2.24) is 10.2 Å². The van der Waals surface area contributed by atoms with Crippen molar-refractivity contribution in [3.05, 3.63) is 63.6 Å². The van der Waals surface area contributed by atoms with Crippen molar-refractivity contribution in [3.63, 3.8) is 0 Å². The predicted molar refractivity (Wildman–Crippen MR) is 145 cm³/mol. The standard InChI is InChI=1S/C21H17Cl2NO5S.C6H9NO2/c1-12-20(26)24-11-14(9-13-10-16(23)5-8-18(13)29-2)19(25)21(12,24)30(27,28)17-6-3-15(22)4-7-17;8-5-1-2-6(9)7-4-3-5/h3-10,12H,11H2,1-2H3;1-4H2,(H,7,9)/t12-,21?;/m1./s1. The van der Waals surface area contributed by atoms with E-state index in [1.54, 1.807) is 18.2 Å². The van der Waals surface area contributed by atoms with Crippen LogP contribution in [-0.4, -0.2) is 61.8 Å². The SMILES string of the molecule is COc1ccc(Cl)cc1C=C1CN2C(=O)[C@@H](C)C2(S(=O)(=O)c2ccc(Cl)cc2)C1=O.O=C1CCNC(=O)CC1. The number of hydrogen-bond donors (Lipinski definition) is 1. The van der Waals surface area contributed by atoms with Gasteiger partial charge in [-0.3, -0.25) is 19.2 Å². The van der Waals surface area contributed by atoms with Crippen molar-refractivity contribution < 1.29 is 32.3 Å². The van der Waals surface area contributed by atoms with E-state index in [-0.39, 0.29) is 34.6 Å². The molecule has 9 nitrogen and oxygen atoms in total. The maximum atomic E-state index is 13.5. The van der Waals surface area contributed by atoms with Crippen LogP contribution in [0.5, 0.6) is 5.75 Å². The Hall–Kier alpha value is -3.21. The van der Waals surface area contributed by atoms with E-state index in [1.807, 2.05) is 0 Å². The van der Waals surface area contributed by atoms with Gasteiger partial charge in [0, 0.05) is 47.0 Å². The second-order valence-corrected chi connectivity index (χ2v) is 12.3. The fourth-order valence-corrected chi connectivity index (χ4v) is 7.48. The minimum Gasteiger partial charge on any atom is -0.496 e. The molecule has 39 heavy (non-hydrogen) atoms. The van der Waals surface area contributed by atoms with E-state index in [0.717, 1.165) is 4.90 Å². The van der Waals surface area contributed by atoms with Gasteiger partial charge in [0.05, 0.1) is 24.5 Å². The molecule has 3 fully saturated rings. The Morgan fingerprint density at radius 1 is 1.00 bits per heavy atom. The highest BCUT2D eigenvalue weighted by atomic mass is 35.5. The molecule has 0 aliphatic carbocycles. The summed E-state index contributed by atoms with van der Waals surface area (Å²) in [5.74, 6) is -1.34. The van der Waals surface area contributed by atoms with E-state index in [2.05, 4.69) is 5.32 Å². The number of fused-ring (bicyclic) bond motifs is 1. The monoisotopic (exact) mass is 592 g/mol. The van der Waals surface area contributed by atoms with Crippen LogP contribution < -0.4 is 10.1 Å². The number of nitrogens with one attached hydrogen (secondary N) is 1. The van der Waals surface area contributed by atoms with Gasteiger partial charge in [-0.2, -0.15) is 0 Å². The van der Waals surface area contributed by atoms with Gasteiger partial charge in [0.25, 0.3) is 0 Å². The van der Waals surface area contributed by atoms with Crippen LogP contribution in [0.25, 0.3) is 6.08 Å². The van der Waals surface area contributed by atoms with Crippen molar-refractivity contribution in [1.29, 1.82) is 0 Å². The number of β-lactam (4-membered cyclic amide) rings is 1. The largest absolute Gasteiger partial charge is 0.496 e. The highest BCUT2D eigenvalue weighted by Crippen LogP contribution is 2.51. The molecule has 2 aromatic carbocycles. The van der Waals surface area contributed by atoms with Gasteiger partial charge in [-0.05, 0) is 55.5 Å². The molecule has 0 aromatic heterocycles. The van der Waals surface area contributed by atoms with Crippen LogP contribution in [0, 0.1) is 5.92 Å². The van der Waals surface area contributed by atoms with Gasteiger partial charge in [0.2, 0.25) is 32.3 Å². The van der Waals surface area contributed by atoms with Crippen LogP contribution in [0.1, 0.15) is 31.7 Å². The molecule has 3 saturated heterocycles. The van der Waals surface area contributed by atoms with Crippen LogP contribution >= 0.6 is 23.2 Å². The molecule has 1 unspecified atom stereocenters. The number of amides is 2. The Morgan fingerprint density at radius 3 is 2.33 bits per heavy atom. The highest BCUT2D eigenvalue weighted by molar-refractivity contribution is 7.93. The first-order valence-electron chi connectivity index (χ1n) is 12.1. The van der Waals surface area contributed by atoms with E-state index >= 15 is 0 Å². The zero-order valence-corrected chi connectivity index (χ0v) is 23.5. The number of nitrogens with zero attached hydrogens (tertiary/aromatic N) is 1. The predicted octanol–water partition coefficient (Wildman–Crippen LogP) is 3.47. The molecule has 0 spiro atoms. The zero-order chi connectivity index (χ0) is 28.5. The molecular formula is C27H26Cl2N2O7S. The van der Waals surface area contributed by atoms with E-state index in [9.17, 15) is 27.6 Å². The zero-order valence-electron chi connectivity index (χ0n) is 21.2. The quantitative estimate of drug-likeness (QED) is 0.425. The topological polar surface area (TPSA) is 127 Å². The Kier molecular flexibility index (Phi) is 8.20. The Bertz CT molecular complexity index is 1470. The van der Waals surface area contributed by atoms with Crippen molar-refractivity contribution in [2.24, 2.45) is 5.92 Å². The number of hydrogen-bond acceptors (Lipinski definition) is 7. The number of ketones is 2. The summed E-state index contributed by atoms with van der Waals surface area (Å²) in [6.45, 7) is 1.88. The van der Waals surface area contributed by atoms with Crippen molar-refractivity contribution >= 4 is 62.5 Å². The van der Waals surface area contributed by atoms with Gasteiger partial charge in [-0.15, -0.1) is 0 Å². The molecule has 12 heteroatoms. The molecule has 2 atom stereocenters. The smallest absolute Gasteiger partial charge is 0.231 e. The summed E-state index contributed by atoms with van der Waals surface area (Å²) in [5, 5.41) is 3.42. The molecule has 2 amide bonds. The Morgan fingerprint density at radius 2 is 1.67 bits per heavy atom. The van der Waals surface area contributed by atoms with E-state index < -0.39 is 26.4 Å². The van der Waals surface area contributed by atoms with Crippen LogP contribution in [0.3, 0.4) is 0 Å². The lowest BCUT2D eigenvalue weighted by Crippen LogP contribution is -2.73. The van der Waals surface area contributed by atoms with Crippen molar-refractivity contribution in [2.75, 3.05) is 20.2 Å². The lowest BCUT2D eigenvalue weighted by atomic mass is 9.87. The third-order valence-corrected chi connectivity index (χ3v) is 9.94. The molecule has 3 heterocycles. The summed E-state index contributed by atoms with van der Waals surface area (Å²) in [4.78, 5) is 46.3. The molecule has 5 rings (SSSR count). The highest BCUT2D eigenvalue weighted by Gasteiger charge is 2.74. The first kappa shape index (κ1) is 28.8. The minimum atomic E-state index is -4.20. The van der Waals surface area contributed by atoms with Crippen molar-refractivity contribution in [3.8, 4) is 5.75 Å². The lowest BCUT2D eigenvalue weighted by molar-refractivity contribution is -0.159. The maximum Gasteiger partial charge on any atom is 0.231 e. The number of benzene rings is 2. The molecular weight excluding hydrogens is 567 g/mol. The number of carbonyl (C=O) groups is 4. The molecule has 1 N–H and O–H groups in total. The van der Waals surface area contributed by atoms with Gasteiger partial charge in [-0.25, -0.2) is 8.42 Å². The molecule has 0 radical (unpaired) electrons. The third kappa shape index (κ3) is 5.08. The molecule has 3 aliphatic rings. The van der Waals surface area contributed by atoms with Gasteiger partial charge >= 0.3 is 0 Å². The minimum absolute atomic E-state index is 0.000787. The maximum absolute atomic E-state index is 13.5. The average Bonchev–Trinajstić information content (AvgIpc) is 3.02. The molecule has 2 aromatic rings. The molecule has 206 valence electrons. The lowest BCUT2D eigenvalue weighted by Gasteiger charge is -2.49. The molecule has 0 bridgehead atoms. The number of sulfone groups is 1. The Labute approximate surface area is 236 Å². The summed E-state index contributed by atoms with van der Waals surface area (Å²) in [5.41, 5.74) is 0.723. The third-order valence-electron chi connectivity index (χ3n) is 6.98. The van der Waals surface area contributed by atoms with Crippen molar-refractivity contribution in [2.45, 2.75) is 36.0 Å². The number of Topliss-reactive ketones (excluding diaryl/α,β-unsaturated/α-hetero) is 2. The normalized spacial score (nSPS) is 23.8. The van der Waals surface area contributed by atoms with Crippen LogP contribution in [0.2, 0.25) is 10.0 Å². The van der Waals surface area contributed by atoms with Crippen LogP contribution in [0.4, 0.5) is 0 Å². The summed E-state index contributed by atoms with van der Waals surface area (Å²) in [6.07, 6.45) is 2.83. The number of halogens is 2. The number of carbonyl (C=O) groups excluding carboxylic acids is 4. The van der Waals surface area contributed by atoms with Gasteiger partial charge in [0.15, 0.2) is 0 Å².